The molecule has 4 aromatic rings. The van der Waals surface area contributed by atoms with E-state index in [4.69, 9.17) is 32.7 Å². The van der Waals surface area contributed by atoms with E-state index in [2.05, 4.69) is 10.2 Å². The van der Waals surface area contributed by atoms with E-state index < -0.39 is 0 Å². The Balaban J connectivity index is 1.71. The minimum absolute atomic E-state index is 0.373. The standard InChI is InChI=1S/C24H19Cl2N3O3S/c1-31-19-9-6-16(7-10-19)22-27-28-24(29(22)18-8-11-20(25)21(26)13-18)33-14-15-4-3-5-17(12-15)23(30)32-2/h3-13H,14H2,1-2H3. The molecule has 168 valence electrons. The van der Waals surface area contributed by atoms with E-state index in [0.717, 1.165) is 22.6 Å². The Bertz CT molecular complexity index is 1290. The van der Waals surface area contributed by atoms with Gasteiger partial charge in [-0.05, 0) is 60.2 Å². The highest BCUT2D eigenvalue weighted by Gasteiger charge is 2.18. The number of rotatable bonds is 7. The number of benzene rings is 3. The van der Waals surface area contributed by atoms with E-state index >= 15 is 0 Å². The Morgan fingerprint density at radius 2 is 1.76 bits per heavy atom. The molecule has 0 saturated carbocycles. The first-order valence-corrected chi connectivity index (χ1v) is 11.6. The molecule has 0 fully saturated rings. The normalized spacial score (nSPS) is 10.8. The van der Waals surface area contributed by atoms with Gasteiger partial charge in [-0.15, -0.1) is 10.2 Å². The van der Waals surface area contributed by atoms with Gasteiger partial charge in [-0.2, -0.15) is 0 Å². The molecule has 4 rings (SSSR count). The average molecular weight is 500 g/mol. The van der Waals surface area contributed by atoms with Crippen molar-refractivity contribution in [1.29, 1.82) is 0 Å². The molecule has 0 aliphatic rings. The van der Waals surface area contributed by atoms with Crippen molar-refractivity contribution in [2.75, 3.05) is 14.2 Å². The molecule has 0 saturated heterocycles. The number of carbonyl (C=O) groups is 1. The van der Waals surface area contributed by atoms with E-state index in [1.54, 1.807) is 25.3 Å². The molecule has 0 spiro atoms. The van der Waals surface area contributed by atoms with Crippen LogP contribution in [-0.2, 0) is 10.5 Å². The second kappa shape index (κ2) is 10.3. The molecular formula is C24H19Cl2N3O3S. The Morgan fingerprint density at radius 1 is 0.970 bits per heavy atom. The van der Waals surface area contributed by atoms with Crippen LogP contribution in [0.2, 0.25) is 10.0 Å². The fourth-order valence-electron chi connectivity index (χ4n) is 3.20. The molecule has 0 amide bonds. The van der Waals surface area contributed by atoms with Crippen molar-refractivity contribution < 1.29 is 14.3 Å². The van der Waals surface area contributed by atoms with Gasteiger partial charge in [0.2, 0.25) is 0 Å². The Hall–Kier alpha value is -3.00. The number of halogens is 2. The number of methoxy groups -OCH3 is 2. The average Bonchev–Trinajstić information content (AvgIpc) is 3.28. The zero-order valence-corrected chi connectivity index (χ0v) is 20.1. The molecule has 0 atom stereocenters. The third-order valence-electron chi connectivity index (χ3n) is 4.86. The van der Waals surface area contributed by atoms with E-state index in [9.17, 15) is 4.79 Å². The van der Waals surface area contributed by atoms with Crippen molar-refractivity contribution in [1.82, 2.24) is 14.8 Å². The monoisotopic (exact) mass is 499 g/mol. The second-order valence-corrected chi connectivity index (χ2v) is 8.71. The summed E-state index contributed by atoms with van der Waals surface area (Å²) in [5.41, 5.74) is 3.11. The minimum atomic E-state index is -0.373. The number of carbonyl (C=O) groups excluding carboxylic acids is 1. The summed E-state index contributed by atoms with van der Waals surface area (Å²) in [6.07, 6.45) is 0. The largest absolute Gasteiger partial charge is 0.497 e. The van der Waals surface area contributed by atoms with Crippen LogP contribution in [0.5, 0.6) is 5.75 Å². The van der Waals surface area contributed by atoms with Gasteiger partial charge in [-0.3, -0.25) is 4.57 Å². The minimum Gasteiger partial charge on any atom is -0.497 e. The van der Waals surface area contributed by atoms with Gasteiger partial charge in [0.25, 0.3) is 0 Å². The van der Waals surface area contributed by atoms with Crippen molar-refractivity contribution in [2.45, 2.75) is 10.9 Å². The Morgan fingerprint density at radius 3 is 2.45 bits per heavy atom. The van der Waals surface area contributed by atoms with E-state index in [1.165, 1.54) is 18.9 Å². The van der Waals surface area contributed by atoms with E-state index in [1.807, 2.05) is 53.1 Å². The van der Waals surface area contributed by atoms with E-state index in [-0.39, 0.29) is 5.97 Å². The second-order valence-electron chi connectivity index (χ2n) is 6.95. The lowest BCUT2D eigenvalue weighted by Gasteiger charge is -2.12. The van der Waals surface area contributed by atoms with Gasteiger partial charge in [0.15, 0.2) is 11.0 Å². The lowest BCUT2D eigenvalue weighted by molar-refractivity contribution is 0.0600. The molecule has 0 radical (unpaired) electrons. The van der Waals surface area contributed by atoms with Crippen molar-refractivity contribution in [3.63, 3.8) is 0 Å². The molecule has 33 heavy (non-hydrogen) atoms. The summed E-state index contributed by atoms with van der Waals surface area (Å²) in [5, 5.41) is 10.4. The fourth-order valence-corrected chi connectivity index (χ4v) is 4.39. The smallest absolute Gasteiger partial charge is 0.337 e. The summed E-state index contributed by atoms with van der Waals surface area (Å²) in [4.78, 5) is 11.9. The zero-order valence-electron chi connectivity index (χ0n) is 17.8. The van der Waals surface area contributed by atoms with Crippen molar-refractivity contribution >= 4 is 40.9 Å². The highest BCUT2D eigenvalue weighted by Crippen LogP contribution is 2.33. The number of ether oxygens (including phenoxy) is 2. The van der Waals surface area contributed by atoms with Gasteiger partial charge in [0.1, 0.15) is 5.75 Å². The predicted octanol–water partition coefficient (Wildman–Crippen LogP) is 6.33. The molecule has 0 aliphatic heterocycles. The fraction of sp³-hybridized carbons (Fsp3) is 0.125. The molecule has 0 bridgehead atoms. The number of thioether (sulfide) groups is 1. The number of nitrogens with zero attached hydrogens (tertiary/aromatic N) is 3. The van der Waals surface area contributed by atoms with Gasteiger partial charge in [-0.1, -0.05) is 47.1 Å². The van der Waals surface area contributed by atoms with Crippen LogP contribution in [0.1, 0.15) is 15.9 Å². The third-order valence-corrected chi connectivity index (χ3v) is 6.60. The van der Waals surface area contributed by atoms with Crippen LogP contribution in [0.25, 0.3) is 17.1 Å². The summed E-state index contributed by atoms with van der Waals surface area (Å²) in [6.45, 7) is 0. The first-order valence-electron chi connectivity index (χ1n) is 9.85. The van der Waals surface area contributed by atoms with Crippen molar-refractivity contribution in [3.05, 3.63) is 87.9 Å². The maximum atomic E-state index is 11.9. The van der Waals surface area contributed by atoms with Crippen LogP contribution in [0.15, 0.2) is 71.9 Å². The van der Waals surface area contributed by atoms with Gasteiger partial charge >= 0.3 is 5.97 Å². The molecule has 6 nitrogen and oxygen atoms in total. The topological polar surface area (TPSA) is 66.2 Å². The summed E-state index contributed by atoms with van der Waals surface area (Å²) in [6, 6.07) is 20.3. The quantitative estimate of drug-likeness (QED) is 0.218. The zero-order chi connectivity index (χ0) is 23.4. The summed E-state index contributed by atoms with van der Waals surface area (Å²) in [7, 11) is 2.99. The molecule has 0 aliphatic carbocycles. The van der Waals surface area contributed by atoms with Crippen LogP contribution in [-0.4, -0.2) is 35.0 Å². The number of aromatic nitrogens is 3. The summed E-state index contributed by atoms with van der Waals surface area (Å²) in [5.74, 6) is 1.61. The third kappa shape index (κ3) is 5.16. The van der Waals surface area contributed by atoms with Gasteiger partial charge in [-0.25, -0.2) is 4.79 Å². The molecule has 3 aromatic carbocycles. The lowest BCUT2D eigenvalue weighted by Crippen LogP contribution is -2.02. The number of esters is 1. The first-order chi connectivity index (χ1) is 16.0. The highest BCUT2D eigenvalue weighted by molar-refractivity contribution is 7.98. The van der Waals surface area contributed by atoms with Crippen molar-refractivity contribution in [3.8, 4) is 22.8 Å². The van der Waals surface area contributed by atoms with Gasteiger partial charge < -0.3 is 9.47 Å². The maximum Gasteiger partial charge on any atom is 0.337 e. The van der Waals surface area contributed by atoms with Crippen LogP contribution in [0, 0.1) is 0 Å². The van der Waals surface area contributed by atoms with Crippen LogP contribution >= 0.6 is 35.0 Å². The molecule has 0 N–H and O–H groups in total. The Kier molecular flexibility index (Phi) is 7.23. The molecule has 0 unspecified atom stereocenters. The van der Waals surface area contributed by atoms with Crippen LogP contribution in [0.3, 0.4) is 0 Å². The van der Waals surface area contributed by atoms with Gasteiger partial charge in [0.05, 0.1) is 35.5 Å². The maximum absolute atomic E-state index is 11.9. The van der Waals surface area contributed by atoms with Crippen molar-refractivity contribution in [2.24, 2.45) is 0 Å². The number of hydrogen-bond acceptors (Lipinski definition) is 6. The molecular weight excluding hydrogens is 481 g/mol. The first kappa shape index (κ1) is 23.2. The molecule has 1 aromatic heterocycles. The highest BCUT2D eigenvalue weighted by atomic mass is 35.5. The van der Waals surface area contributed by atoms with E-state index in [0.29, 0.717) is 32.3 Å². The summed E-state index contributed by atoms with van der Waals surface area (Å²) >= 11 is 13.9. The van der Waals surface area contributed by atoms with Crippen LogP contribution in [0.4, 0.5) is 0 Å². The molecule has 1 heterocycles. The van der Waals surface area contributed by atoms with Gasteiger partial charge in [0, 0.05) is 11.3 Å². The summed E-state index contributed by atoms with van der Waals surface area (Å²) < 4.78 is 12.0. The molecule has 9 heteroatoms. The predicted molar refractivity (Wildman–Crippen MR) is 131 cm³/mol. The Labute approximate surface area is 205 Å². The number of hydrogen-bond donors (Lipinski definition) is 0. The lowest BCUT2D eigenvalue weighted by atomic mass is 10.1. The van der Waals surface area contributed by atoms with Crippen LogP contribution < -0.4 is 4.74 Å². The SMILES string of the molecule is COC(=O)c1cccc(CSc2nnc(-c3ccc(OC)cc3)n2-c2ccc(Cl)c(Cl)c2)c1.